The van der Waals surface area contributed by atoms with E-state index in [1.807, 2.05) is 40.0 Å². The van der Waals surface area contributed by atoms with Gasteiger partial charge in [0, 0.05) is 32.7 Å². The zero-order valence-electron chi connectivity index (χ0n) is 16.6. The molecule has 1 saturated heterocycles. The number of benzene rings is 1. The normalized spacial score (nSPS) is 18.3. The molecule has 2 aliphatic rings. The summed E-state index contributed by atoms with van der Waals surface area (Å²) >= 11 is 6.34. The number of fused-ring (bicyclic) bond motifs is 1. The van der Waals surface area contributed by atoms with Crippen molar-refractivity contribution < 1.29 is 19.0 Å². The van der Waals surface area contributed by atoms with Crippen molar-refractivity contribution in [3.63, 3.8) is 0 Å². The Morgan fingerprint density at radius 1 is 1.26 bits per heavy atom. The van der Waals surface area contributed by atoms with Crippen LogP contribution in [0.5, 0.6) is 11.5 Å². The van der Waals surface area contributed by atoms with E-state index in [1.165, 1.54) is 0 Å². The number of ether oxygens (including phenoxy) is 3. The molecular formula is C20H29ClN2O4. The predicted octanol–water partition coefficient (Wildman–Crippen LogP) is 3.94. The Kier molecular flexibility index (Phi) is 6.06. The second kappa shape index (κ2) is 8.15. The molecule has 3 rings (SSSR count). The van der Waals surface area contributed by atoms with Crippen LogP contribution in [0.2, 0.25) is 5.02 Å². The zero-order valence-corrected chi connectivity index (χ0v) is 17.3. The van der Waals surface area contributed by atoms with E-state index >= 15 is 0 Å². The first kappa shape index (κ1) is 20.1. The van der Waals surface area contributed by atoms with Crippen LogP contribution in [0.4, 0.5) is 4.79 Å². The van der Waals surface area contributed by atoms with Gasteiger partial charge in [0.15, 0.2) is 11.5 Å². The first-order chi connectivity index (χ1) is 12.7. The van der Waals surface area contributed by atoms with Crippen molar-refractivity contribution in [1.29, 1.82) is 0 Å². The largest absolute Gasteiger partial charge is 0.486 e. The third-order valence-electron chi connectivity index (χ3n) is 4.85. The van der Waals surface area contributed by atoms with Gasteiger partial charge in [-0.25, -0.2) is 4.79 Å². The Morgan fingerprint density at radius 2 is 1.93 bits per heavy atom. The lowest BCUT2D eigenvalue weighted by Gasteiger charge is -2.37. The molecule has 2 aliphatic heterocycles. The molecule has 150 valence electrons. The van der Waals surface area contributed by atoms with Gasteiger partial charge in [0.25, 0.3) is 0 Å². The monoisotopic (exact) mass is 396 g/mol. The van der Waals surface area contributed by atoms with Gasteiger partial charge in [-0.05, 0) is 51.3 Å². The summed E-state index contributed by atoms with van der Waals surface area (Å²) in [7, 11) is 1.83. The summed E-state index contributed by atoms with van der Waals surface area (Å²) in [6.45, 7) is 9.40. The molecule has 1 fully saturated rings. The molecular weight excluding hydrogens is 368 g/mol. The van der Waals surface area contributed by atoms with Crippen molar-refractivity contribution in [2.45, 2.75) is 51.8 Å². The van der Waals surface area contributed by atoms with Crippen LogP contribution < -0.4 is 9.47 Å². The van der Waals surface area contributed by atoms with Crippen molar-refractivity contribution in [3.05, 3.63) is 22.7 Å². The average molecular weight is 397 g/mol. The van der Waals surface area contributed by atoms with Crippen LogP contribution in [-0.4, -0.2) is 60.9 Å². The number of hydrogen-bond acceptors (Lipinski definition) is 5. The Bertz CT molecular complexity index is 681. The van der Waals surface area contributed by atoms with Crippen LogP contribution in [0.1, 0.15) is 39.2 Å². The molecule has 0 saturated carbocycles. The Labute approximate surface area is 166 Å². The second-order valence-corrected chi connectivity index (χ2v) is 8.61. The fraction of sp³-hybridized carbons (Fsp3) is 0.650. The van der Waals surface area contributed by atoms with Gasteiger partial charge in [0.05, 0.1) is 5.02 Å². The van der Waals surface area contributed by atoms with Crippen LogP contribution in [0.15, 0.2) is 12.1 Å². The number of amides is 1. The van der Waals surface area contributed by atoms with Crippen molar-refractivity contribution in [1.82, 2.24) is 9.80 Å². The molecule has 0 radical (unpaired) electrons. The van der Waals surface area contributed by atoms with Crippen LogP contribution in [-0.2, 0) is 11.3 Å². The number of halogens is 1. The molecule has 1 amide bonds. The highest BCUT2D eigenvalue weighted by Crippen LogP contribution is 2.38. The summed E-state index contributed by atoms with van der Waals surface area (Å²) in [5, 5.41) is 0.599. The van der Waals surface area contributed by atoms with Gasteiger partial charge in [-0.15, -0.1) is 0 Å². The zero-order chi connectivity index (χ0) is 19.6. The minimum absolute atomic E-state index is 0.208. The lowest BCUT2D eigenvalue weighted by molar-refractivity contribution is 0.0149. The van der Waals surface area contributed by atoms with Gasteiger partial charge in [-0.3, -0.25) is 4.90 Å². The molecule has 6 nitrogen and oxygen atoms in total. The highest BCUT2D eigenvalue weighted by molar-refractivity contribution is 6.32. The maximum Gasteiger partial charge on any atom is 0.410 e. The summed E-state index contributed by atoms with van der Waals surface area (Å²) in [4.78, 5) is 16.4. The van der Waals surface area contributed by atoms with Crippen LogP contribution in [0, 0.1) is 0 Å². The van der Waals surface area contributed by atoms with Crippen molar-refractivity contribution in [2.24, 2.45) is 0 Å². The lowest BCUT2D eigenvalue weighted by Crippen LogP contribution is -2.46. The van der Waals surface area contributed by atoms with Crippen LogP contribution in [0.25, 0.3) is 0 Å². The average Bonchev–Trinajstić information content (AvgIpc) is 2.60. The first-order valence-corrected chi connectivity index (χ1v) is 9.87. The SMILES string of the molecule is CN(C(=O)OC(C)(C)C)C1CCN(Cc2cc(Cl)c3c(c2)OCCO3)CC1. The van der Waals surface area contributed by atoms with Gasteiger partial charge < -0.3 is 19.1 Å². The molecule has 2 heterocycles. The number of piperidine rings is 1. The molecule has 0 bridgehead atoms. The lowest BCUT2D eigenvalue weighted by atomic mass is 10.0. The molecule has 0 N–H and O–H groups in total. The predicted molar refractivity (Wildman–Crippen MR) is 105 cm³/mol. The molecule has 0 aromatic heterocycles. The fourth-order valence-electron chi connectivity index (χ4n) is 3.46. The third kappa shape index (κ3) is 5.20. The summed E-state index contributed by atoms with van der Waals surface area (Å²) in [6.07, 6.45) is 1.60. The maximum atomic E-state index is 12.3. The topological polar surface area (TPSA) is 51.2 Å². The van der Waals surface area contributed by atoms with Gasteiger partial charge in [-0.2, -0.15) is 0 Å². The molecule has 1 aromatic carbocycles. The first-order valence-electron chi connectivity index (χ1n) is 9.49. The molecule has 1 aromatic rings. The Morgan fingerprint density at radius 3 is 2.59 bits per heavy atom. The quantitative estimate of drug-likeness (QED) is 0.774. The minimum atomic E-state index is -0.469. The van der Waals surface area contributed by atoms with E-state index in [0.29, 0.717) is 24.0 Å². The van der Waals surface area contributed by atoms with Gasteiger partial charge in [-0.1, -0.05) is 11.6 Å². The fourth-order valence-corrected chi connectivity index (χ4v) is 3.75. The third-order valence-corrected chi connectivity index (χ3v) is 5.13. The van der Waals surface area contributed by atoms with Gasteiger partial charge in [0.2, 0.25) is 0 Å². The number of carbonyl (C=O) groups excluding carboxylic acids is 1. The molecule has 27 heavy (non-hydrogen) atoms. The molecule has 0 atom stereocenters. The van der Waals surface area contributed by atoms with E-state index in [-0.39, 0.29) is 12.1 Å². The van der Waals surface area contributed by atoms with Crippen molar-refractivity contribution in [2.75, 3.05) is 33.4 Å². The molecule has 0 aliphatic carbocycles. The summed E-state index contributed by atoms with van der Waals surface area (Å²) in [5.74, 6) is 1.37. The molecule has 7 heteroatoms. The van der Waals surface area contributed by atoms with Crippen molar-refractivity contribution >= 4 is 17.7 Å². The molecule has 0 spiro atoms. The Hall–Kier alpha value is -1.66. The number of rotatable bonds is 3. The Balaban J connectivity index is 1.54. The number of hydrogen-bond donors (Lipinski definition) is 0. The van der Waals surface area contributed by atoms with E-state index in [0.717, 1.165) is 43.8 Å². The number of likely N-dealkylation sites (tertiary alicyclic amines) is 1. The highest BCUT2D eigenvalue weighted by atomic mass is 35.5. The van der Waals surface area contributed by atoms with Crippen LogP contribution >= 0.6 is 11.6 Å². The summed E-state index contributed by atoms with van der Waals surface area (Å²) in [6, 6.07) is 4.17. The maximum absolute atomic E-state index is 12.3. The summed E-state index contributed by atoms with van der Waals surface area (Å²) < 4.78 is 16.7. The van der Waals surface area contributed by atoms with E-state index in [1.54, 1.807) is 4.90 Å². The van der Waals surface area contributed by atoms with E-state index < -0.39 is 5.60 Å². The van der Waals surface area contributed by atoms with E-state index in [2.05, 4.69) is 4.90 Å². The standard InChI is InChI=1S/C20H29ClN2O4/c1-20(2,3)27-19(24)22(4)15-5-7-23(8-6-15)13-14-11-16(21)18-17(12-14)25-9-10-26-18/h11-12,15H,5-10,13H2,1-4H3. The van der Waals surface area contributed by atoms with Crippen LogP contribution in [0.3, 0.4) is 0 Å². The van der Waals surface area contributed by atoms with Gasteiger partial charge in [0.1, 0.15) is 18.8 Å². The number of carbonyl (C=O) groups is 1. The van der Waals surface area contributed by atoms with E-state index in [9.17, 15) is 4.79 Å². The summed E-state index contributed by atoms with van der Waals surface area (Å²) in [5.41, 5.74) is 0.645. The molecule has 0 unspecified atom stereocenters. The highest BCUT2D eigenvalue weighted by Gasteiger charge is 2.28. The minimum Gasteiger partial charge on any atom is -0.486 e. The van der Waals surface area contributed by atoms with Gasteiger partial charge >= 0.3 is 6.09 Å². The second-order valence-electron chi connectivity index (χ2n) is 8.20. The number of nitrogens with zero attached hydrogens (tertiary/aromatic N) is 2. The smallest absolute Gasteiger partial charge is 0.410 e. The van der Waals surface area contributed by atoms with Crippen molar-refractivity contribution in [3.8, 4) is 11.5 Å². The van der Waals surface area contributed by atoms with E-state index in [4.69, 9.17) is 25.8 Å².